The van der Waals surface area contributed by atoms with Gasteiger partial charge in [0.2, 0.25) is 0 Å². The lowest BCUT2D eigenvalue weighted by molar-refractivity contribution is -0.122. The molecular formula is C12H22O3. The minimum atomic E-state index is -0.250. The molecule has 3 heteroatoms. The van der Waals surface area contributed by atoms with E-state index in [1.54, 1.807) is 0 Å². The average molecular weight is 214 g/mol. The first-order valence-corrected chi connectivity index (χ1v) is 4.81. The van der Waals surface area contributed by atoms with Gasteiger partial charge >= 0.3 is 0 Å². The molecule has 0 atom stereocenters. The molecular weight excluding hydrogens is 192 g/mol. The standard InChI is InChI=1S/C9H14O.C2H6.CH2O2/c1-5-10-9(4)7-6-8(2)3;1-2;2-1-3/h6-7H,2,4-5H2,1,3H3;1-2H3;1H,(H,2,3)/b7-6-;;. The van der Waals surface area contributed by atoms with Crippen LogP contribution in [0.1, 0.15) is 27.7 Å². The highest BCUT2D eigenvalue weighted by molar-refractivity contribution is 5.32. The highest BCUT2D eigenvalue weighted by atomic mass is 16.5. The van der Waals surface area contributed by atoms with Crippen molar-refractivity contribution in [1.82, 2.24) is 0 Å². The Hall–Kier alpha value is -1.51. The van der Waals surface area contributed by atoms with Gasteiger partial charge in [-0.15, -0.1) is 0 Å². The van der Waals surface area contributed by atoms with Crippen molar-refractivity contribution in [2.24, 2.45) is 0 Å². The molecule has 0 aliphatic heterocycles. The Labute approximate surface area is 92.8 Å². The van der Waals surface area contributed by atoms with Gasteiger partial charge in [-0.05, 0) is 19.9 Å². The Morgan fingerprint density at radius 1 is 1.33 bits per heavy atom. The Balaban J connectivity index is -0.000000245. The van der Waals surface area contributed by atoms with E-state index in [4.69, 9.17) is 14.6 Å². The molecule has 0 saturated carbocycles. The van der Waals surface area contributed by atoms with Gasteiger partial charge in [-0.2, -0.15) is 0 Å². The summed E-state index contributed by atoms with van der Waals surface area (Å²) in [5.41, 5.74) is 1.00. The molecule has 0 aliphatic rings. The van der Waals surface area contributed by atoms with Gasteiger partial charge < -0.3 is 9.84 Å². The third-order valence-corrected chi connectivity index (χ3v) is 0.883. The van der Waals surface area contributed by atoms with E-state index in [1.807, 2.05) is 39.8 Å². The Kier molecular flexibility index (Phi) is 23.3. The Bertz CT molecular complexity index is 193. The Morgan fingerprint density at radius 3 is 2.00 bits per heavy atom. The van der Waals surface area contributed by atoms with Gasteiger partial charge in [0.15, 0.2) is 0 Å². The van der Waals surface area contributed by atoms with Crippen LogP contribution < -0.4 is 0 Å². The van der Waals surface area contributed by atoms with Crippen LogP contribution in [-0.4, -0.2) is 18.2 Å². The van der Waals surface area contributed by atoms with Crippen molar-refractivity contribution in [2.45, 2.75) is 27.7 Å². The first-order chi connectivity index (χ1) is 7.08. The molecule has 0 unspecified atom stereocenters. The maximum atomic E-state index is 8.36. The fourth-order valence-electron chi connectivity index (χ4n) is 0.469. The summed E-state index contributed by atoms with van der Waals surface area (Å²) in [7, 11) is 0. The highest BCUT2D eigenvalue weighted by Gasteiger charge is 1.82. The van der Waals surface area contributed by atoms with Crippen LogP contribution in [0.15, 0.2) is 36.6 Å². The van der Waals surface area contributed by atoms with Gasteiger partial charge in [0.05, 0.1) is 6.61 Å². The van der Waals surface area contributed by atoms with Gasteiger partial charge in [-0.25, -0.2) is 0 Å². The maximum absolute atomic E-state index is 8.36. The van der Waals surface area contributed by atoms with Crippen molar-refractivity contribution in [2.75, 3.05) is 6.61 Å². The average Bonchev–Trinajstić information content (AvgIpc) is 2.20. The molecule has 0 heterocycles. The summed E-state index contributed by atoms with van der Waals surface area (Å²) in [6, 6.07) is 0. The predicted molar refractivity (Wildman–Crippen MR) is 64.8 cm³/mol. The lowest BCUT2D eigenvalue weighted by atomic mass is 10.3. The van der Waals surface area contributed by atoms with Crippen LogP contribution in [0.2, 0.25) is 0 Å². The fourth-order valence-corrected chi connectivity index (χ4v) is 0.469. The zero-order valence-corrected chi connectivity index (χ0v) is 10.1. The summed E-state index contributed by atoms with van der Waals surface area (Å²) in [6.07, 6.45) is 3.68. The number of hydrogen-bond acceptors (Lipinski definition) is 2. The molecule has 0 amide bonds. The van der Waals surface area contributed by atoms with Gasteiger partial charge in [-0.1, -0.05) is 38.7 Å². The molecule has 0 fully saturated rings. The van der Waals surface area contributed by atoms with Crippen molar-refractivity contribution >= 4 is 6.47 Å². The molecule has 0 aromatic rings. The SMILES string of the molecule is C=C(C)/C=C\C(=C)OCC.CC.O=CO. The van der Waals surface area contributed by atoms with Crippen LogP contribution >= 0.6 is 0 Å². The molecule has 1 N–H and O–H groups in total. The molecule has 0 saturated heterocycles. The molecule has 0 rings (SSSR count). The normalized spacial score (nSPS) is 7.73. The summed E-state index contributed by atoms with van der Waals surface area (Å²) < 4.78 is 5.07. The predicted octanol–water partition coefficient (Wildman–Crippen LogP) is 3.40. The zero-order chi connectivity index (χ0) is 12.7. The first kappa shape index (κ1) is 19.1. The summed E-state index contributed by atoms with van der Waals surface area (Å²) in [5.74, 6) is 0.686. The van der Waals surface area contributed by atoms with E-state index < -0.39 is 0 Å². The summed E-state index contributed by atoms with van der Waals surface area (Å²) in [6.45, 7) is 15.6. The molecule has 0 aromatic heterocycles. The van der Waals surface area contributed by atoms with E-state index in [1.165, 1.54) is 0 Å². The number of ether oxygens (including phenoxy) is 1. The molecule has 0 spiro atoms. The smallest absolute Gasteiger partial charge is 0.290 e. The summed E-state index contributed by atoms with van der Waals surface area (Å²) in [5, 5.41) is 6.89. The van der Waals surface area contributed by atoms with Crippen LogP contribution in [0, 0.1) is 0 Å². The summed E-state index contributed by atoms with van der Waals surface area (Å²) in [4.78, 5) is 8.36. The number of rotatable bonds is 4. The molecule has 15 heavy (non-hydrogen) atoms. The highest BCUT2D eigenvalue weighted by Crippen LogP contribution is 1.98. The number of hydrogen-bond donors (Lipinski definition) is 1. The van der Waals surface area contributed by atoms with Gasteiger partial charge in [-0.3, -0.25) is 4.79 Å². The first-order valence-electron chi connectivity index (χ1n) is 4.81. The molecule has 0 aromatic carbocycles. The van der Waals surface area contributed by atoms with Crippen LogP contribution in [0.25, 0.3) is 0 Å². The molecule has 0 radical (unpaired) electrons. The molecule has 3 nitrogen and oxygen atoms in total. The lowest BCUT2D eigenvalue weighted by Crippen LogP contribution is -1.84. The van der Waals surface area contributed by atoms with Crippen molar-refractivity contribution in [3.05, 3.63) is 36.6 Å². The van der Waals surface area contributed by atoms with Gasteiger partial charge in [0.25, 0.3) is 6.47 Å². The molecule has 88 valence electrons. The second-order valence-corrected chi connectivity index (χ2v) is 2.18. The zero-order valence-electron chi connectivity index (χ0n) is 10.1. The fraction of sp³-hybridized carbons (Fsp3) is 0.417. The van der Waals surface area contributed by atoms with E-state index in [-0.39, 0.29) is 6.47 Å². The van der Waals surface area contributed by atoms with Crippen molar-refractivity contribution in [3.8, 4) is 0 Å². The maximum Gasteiger partial charge on any atom is 0.290 e. The van der Waals surface area contributed by atoms with Crippen LogP contribution in [0.5, 0.6) is 0 Å². The number of carbonyl (C=O) groups is 1. The van der Waals surface area contributed by atoms with E-state index in [0.717, 1.165) is 5.57 Å². The minimum Gasteiger partial charge on any atom is -0.495 e. The van der Waals surface area contributed by atoms with Crippen molar-refractivity contribution < 1.29 is 14.6 Å². The van der Waals surface area contributed by atoms with E-state index in [9.17, 15) is 0 Å². The lowest BCUT2D eigenvalue weighted by Gasteiger charge is -1.99. The molecule has 0 aliphatic carbocycles. The van der Waals surface area contributed by atoms with Crippen LogP contribution in [-0.2, 0) is 9.53 Å². The van der Waals surface area contributed by atoms with E-state index in [2.05, 4.69) is 13.2 Å². The Morgan fingerprint density at radius 2 is 1.73 bits per heavy atom. The number of carboxylic acid groups (broad SMARTS) is 1. The van der Waals surface area contributed by atoms with E-state index in [0.29, 0.717) is 12.4 Å². The quantitative estimate of drug-likeness (QED) is 0.443. The largest absolute Gasteiger partial charge is 0.495 e. The van der Waals surface area contributed by atoms with E-state index >= 15 is 0 Å². The van der Waals surface area contributed by atoms with Crippen LogP contribution in [0.3, 0.4) is 0 Å². The minimum absolute atomic E-state index is 0.250. The second kappa shape index (κ2) is 18.3. The topological polar surface area (TPSA) is 46.5 Å². The van der Waals surface area contributed by atoms with Crippen LogP contribution in [0.4, 0.5) is 0 Å². The van der Waals surface area contributed by atoms with Gasteiger partial charge in [0, 0.05) is 0 Å². The monoisotopic (exact) mass is 214 g/mol. The second-order valence-electron chi connectivity index (χ2n) is 2.18. The molecule has 0 bridgehead atoms. The number of allylic oxidation sites excluding steroid dienone is 3. The third kappa shape index (κ3) is 32.6. The summed E-state index contributed by atoms with van der Waals surface area (Å²) >= 11 is 0. The van der Waals surface area contributed by atoms with Crippen molar-refractivity contribution in [3.63, 3.8) is 0 Å². The third-order valence-electron chi connectivity index (χ3n) is 0.883. The van der Waals surface area contributed by atoms with Crippen molar-refractivity contribution in [1.29, 1.82) is 0 Å². The van der Waals surface area contributed by atoms with Gasteiger partial charge in [0.1, 0.15) is 5.76 Å².